The fourth-order valence-corrected chi connectivity index (χ4v) is 4.22. The summed E-state index contributed by atoms with van der Waals surface area (Å²) in [6.07, 6.45) is 3.15. The van der Waals surface area contributed by atoms with Gasteiger partial charge in [0.15, 0.2) is 5.12 Å². The molecule has 0 unspecified atom stereocenters. The summed E-state index contributed by atoms with van der Waals surface area (Å²) in [5.41, 5.74) is -0.0372. The predicted molar refractivity (Wildman–Crippen MR) is 95.3 cm³/mol. The third kappa shape index (κ3) is 5.05. The van der Waals surface area contributed by atoms with Crippen LogP contribution in [0.2, 0.25) is 0 Å². The van der Waals surface area contributed by atoms with E-state index in [1.807, 2.05) is 0 Å². The highest BCUT2D eigenvalue weighted by molar-refractivity contribution is 8.13. The van der Waals surface area contributed by atoms with Gasteiger partial charge in [-0.3, -0.25) is 14.4 Å². The van der Waals surface area contributed by atoms with Gasteiger partial charge >= 0.3 is 5.97 Å². The molecule has 1 aromatic rings. The molecule has 1 amide bonds. The highest BCUT2D eigenvalue weighted by Gasteiger charge is 2.31. The van der Waals surface area contributed by atoms with Crippen LogP contribution in [-0.4, -0.2) is 48.0 Å². The van der Waals surface area contributed by atoms with E-state index < -0.39 is 28.4 Å². The molecule has 0 radical (unpaired) electrons. The van der Waals surface area contributed by atoms with Gasteiger partial charge in [0, 0.05) is 17.9 Å². The molecule has 1 fully saturated rings. The van der Waals surface area contributed by atoms with Crippen LogP contribution in [0.5, 0.6) is 0 Å². The Kier molecular flexibility index (Phi) is 6.43. The zero-order valence-corrected chi connectivity index (χ0v) is 15.8. The molecule has 1 aliphatic carbocycles. The van der Waals surface area contributed by atoms with E-state index in [4.69, 9.17) is 10.2 Å². The zero-order chi connectivity index (χ0) is 19.5. The molecule has 0 aliphatic heterocycles. The highest BCUT2D eigenvalue weighted by atomic mass is 32.2. The Morgan fingerprint density at radius 1 is 1.27 bits per heavy atom. The van der Waals surface area contributed by atoms with Crippen molar-refractivity contribution in [3.63, 3.8) is 0 Å². The molecule has 3 N–H and O–H groups in total. The zero-order valence-electron chi connectivity index (χ0n) is 14.2. The number of thioether (sulfide) groups is 1. The minimum atomic E-state index is -4.05. The molecular weight excluding hydrogens is 380 g/mol. The molecule has 10 heteroatoms. The molecule has 2 rings (SSSR count). The maximum absolute atomic E-state index is 13.1. The molecule has 0 bridgehead atoms. The Balaban J connectivity index is 2.51. The number of hydrogen-bond donors (Lipinski definition) is 2. The van der Waals surface area contributed by atoms with Gasteiger partial charge in [0.2, 0.25) is 10.0 Å². The van der Waals surface area contributed by atoms with E-state index in [0.29, 0.717) is 12.8 Å². The number of amides is 1. The first kappa shape index (κ1) is 20.4. The van der Waals surface area contributed by atoms with Crippen LogP contribution >= 0.6 is 11.8 Å². The summed E-state index contributed by atoms with van der Waals surface area (Å²) in [7, 11) is -4.05. The van der Waals surface area contributed by atoms with Crippen molar-refractivity contribution < 1.29 is 27.9 Å². The average Bonchev–Trinajstić information content (AvgIpc) is 3.04. The highest BCUT2D eigenvalue weighted by Crippen LogP contribution is 2.30. The predicted octanol–water partition coefficient (Wildman–Crippen LogP) is 1.44. The molecule has 0 heterocycles. The number of carbonyl (C=O) groups excluding carboxylic acids is 2. The van der Waals surface area contributed by atoms with Crippen LogP contribution < -0.4 is 5.14 Å². The number of carbonyl (C=O) groups is 3. The largest absolute Gasteiger partial charge is 0.480 e. The number of carboxylic acid groups (broad SMARTS) is 1. The van der Waals surface area contributed by atoms with Crippen LogP contribution in [0.4, 0.5) is 0 Å². The van der Waals surface area contributed by atoms with Gasteiger partial charge in [-0.1, -0.05) is 24.6 Å². The van der Waals surface area contributed by atoms with Gasteiger partial charge < -0.3 is 10.0 Å². The van der Waals surface area contributed by atoms with Crippen molar-refractivity contribution in [2.75, 3.05) is 6.54 Å². The Bertz CT molecular complexity index is 831. The third-order valence-corrected chi connectivity index (χ3v) is 5.87. The second-order valence-electron chi connectivity index (χ2n) is 6.06. The molecule has 8 nitrogen and oxygen atoms in total. The van der Waals surface area contributed by atoms with Crippen LogP contribution in [0, 0.1) is 0 Å². The molecule has 142 valence electrons. The van der Waals surface area contributed by atoms with Gasteiger partial charge in [-0.2, -0.15) is 0 Å². The number of aliphatic carboxylic acids is 1. The maximum atomic E-state index is 13.1. The van der Waals surface area contributed by atoms with E-state index in [1.54, 1.807) is 0 Å². The minimum absolute atomic E-state index is 0.0372. The maximum Gasteiger partial charge on any atom is 0.323 e. The lowest BCUT2D eigenvalue weighted by Gasteiger charge is -2.28. The summed E-state index contributed by atoms with van der Waals surface area (Å²) in [5, 5.41) is 14.0. The minimum Gasteiger partial charge on any atom is -0.480 e. The van der Waals surface area contributed by atoms with E-state index in [-0.39, 0.29) is 26.5 Å². The van der Waals surface area contributed by atoms with Gasteiger partial charge in [-0.05, 0) is 31.0 Å². The molecule has 0 spiro atoms. The van der Waals surface area contributed by atoms with E-state index in [1.165, 1.54) is 24.0 Å². The Morgan fingerprint density at radius 3 is 2.38 bits per heavy atom. The van der Waals surface area contributed by atoms with Crippen molar-refractivity contribution in [1.29, 1.82) is 0 Å². The van der Waals surface area contributed by atoms with Crippen LogP contribution in [0.3, 0.4) is 0 Å². The molecule has 0 saturated heterocycles. The SMILES string of the molecule is CC(=O)Sc1ccc(S(N)(=O)=O)cc1C(=O)N(CC(=O)O)C1CCCC1. The Hall–Kier alpha value is -1.91. The summed E-state index contributed by atoms with van der Waals surface area (Å²) in [4.78, 5) is 37.0. The second kappa shape index (κ2) is 8.19. The van der Waals surface area contributed by atoms with Crippen molar-refractivity contribution in [2.45, 2.75) is 48.4 Å². The lowest BCUT2D eigenvalue weighted by atomic mass is 10.1. The van der Waals surface area contributed by atoms with E-state index in [9.17, 15) is 22.8 Å². The first-order valence-electron chi connectivity index (χ1n) is 7.97. The van der Waals surface area contributed by atoms with E-state index in [2.05, 4.69) is 0 Å². The first-order chi connectivity index (χ1) is 12.1. The van der Waals surface area contributed by atoms with Gasteiger partial charge in [-0.25, -0.2) is 13.6 Å². The summed E-state index contributed by atoms with van der Waals surface area (Å²) in [6.45, 7) is 0.825. The van der Waals surface area contributed by atoms with Crippen LogP contribution in [0.1, 0.15) is 43.0 Å². The van der Waals surface area contributed by atoms with Crippen LogP contribution in [-0.2, 0) is 19.6 Å². The third-order valence-electron chi connectivity index (χ3n) is 4.10. The Morgan fingerprint density at radius 2 is 1.88 bits per heavy atom. The lowest BCUT2D eigenvalue weighted by Crippen LogP contribution is -2.42. The van der Waals surface area contributed by atoms with Crippen LogP contribution in [0.25, 0.3) is 0 Å². The van der Waals surface area contributed by atoms with E-state index in [0.717, 1.165) is 30.7 Å². The normalized spacial score (nSPS) is 15.0. The molecular formula is C16H20N2O6S2. The molecule has 1 aliphatic rings. The molecule has 0 aromatic heterocycles. The van der Waals surface area contributed by atoms with Crippen molar-refractivity contribution in [3.05, 3.63) is 23.8 Å². The molecule has 1 aromatic carbocycles. The number of nitrogens with zero attached hydrogens (tertiary/aromatic N) is 1. The van der Waals surface area contributed by atoms with Gasteiger partial charge in [0.05, 0.1) is 10.5 Å². The van der Waals surface area contributed by atoms with Gasteiger partial charge in [-0.15, -0.1) is 0 Å². The summed E-state index contributed by atoms with van der Waals surface area (Å²) in [6, 6.07) is 3.43. The standard InChI is InChI=1S/C16H20N2O6S2/c1-10(19)25-14-7-6-12(26(17,23)24)8-13(14)16(22)18(9-15(20)21)11-4-2-3-5-11/h6-8,11H,2-5,9H2,1H3,(H,20,21)(H2,17,23,24). The average molecular weight is 400 g/mol. The monoisotopic (exact) mass is 400 g/mol. The van der Waals surface area contributed by atoms with Gasteiger partial charge in [0.25, 0.3) is 5.91 Å². The number of primary sulfonamides is 1. The second-order valence-corrected chi connectivity index (χ2v) is 8.84. The smallest absolute Gasteiger partial charge is 0.323 e. The van der Waals surface area contributed by atoms with E-state index >= 15 is 0 Å². The van der Waals surface area contributed by atoms with Crippen molar-refractivity contribution in [2.24, 2.45) is 5.14 Å². The number of rotatable bonds is 6. The first-order valence-corrected chi connectivity index (χ1v) is 10.3. The fourth-order valence-electron chi connectivity index (χ4n) is 2.98. The van der Waals surface area contributed by atoms with Gasteiger partial charge in [0.1, 0.15) is 6.54 Å². The number of carboxylic acids is 1. The topological polar surface area (TPSA) is 135 Å². The lowest BCUT2D eigenvalue weighted by molar-refractivity contribution is -0.138. The van der Waals surface area contributed by atoms with Crippen molar-refractivity contribution in [1.82, 2.24) is 4.90 Å². The van der Waals surface area contributed by atoms with Crippen molar-refractivity contribution >= 4 is 38.8 Å². The molecule has 0 atom stereocenters. The molecule has 26 heavy (non-hydrogen) atoms. The summed E-state index contributed by atoms with van der Waals surface area (Å²) in [5.74, 6) is -1.78. The molecule has 1 saturated carbocycles. The summed E-state index contributed by atoms with van der Waals surface area (Å²) < 4.78 is 23.3. The van der Waals surface area contributed by atoms with Crippen molar-refractivity contribution in [3.8, 4) is 0 Å². The number of benzene rings is 1. The number of hydrogen-bond acceptors (Lipinski definition) is 6. The summed E-state index contributed by atoms with van der Waals surface area (Å²) >= 11 is 0.782. The fraction of sp³-hybridized carbons (Fsp3) is 0.438. The number of sulfonamides is 1. The quantitative estimate of drug-likeness (QED) is 0.690. The Labute approximate surface area is 155 Å². The van der Waals surface area contributed by atoms with Crippen LogP contribution in [0.15, 0.2) is 28.0 Å². The number of nitrogens with two attached hydrogens (primary N) is 1.